The number of sulfonamides is 2. The summed E-state index contributed by atoms with van der Waals surface area (Å²) in [6.45, 7) is 0.479. The average Bonchev–Trinajstić information content (AvgIpc) is 2.80. The highest BCUT2D eigenvalue weighted by molar-refractivity contribution is 7.89. The molecule has 0 radical (unpaired) electrons. The van der Waals surface area contributed by atoms with E-state index in [0.717, 1.165) is 0 Å². The van der Waals surface area contributed by atoms with Crippen molar-refractivity contribution in [3.63, 3.8) is 0 Å². The van der Waals surface area contributed by atoms with Gasteiger partial charge in [-0.3, -0.25) is 0 Å². The maximum absolute atomic E-state index is 12.8. The van der Waals surface area contributed by atoms with Gasteiger partial charge in [0.2, 0.25) is 26.0 Å². The minimum atomic E-state index is -3.96. The van der Waals surface area contributed by atoms with Gasteiger partial charge in [-0.15, -0.1) is 0 Å². The van der Waals surface area contributed by atoms with E-state index >= 15 is 0 Å². The van der Waals surface area contributed by atoms with Crippen molar-refractivity contribution in [3.8, 4) is 0 Å². The Morgan fingerprint density at radius 1 is 1.09 bits per heavy atom. The molecule has 4 N–H and O–H groups in total. The molecule has 1 aliphatic rings. The Balaban J connectivity index is 1.60. The van der Waals surface area contributed by atoms with Gasteiger partial charge < -0.3 is 10.6 Å². The molecular formula is C20H20Cl2N6O4S2. The standard InChI is InChI=1S/C20H20Cl2N6O4S2/c21-16-6-2-7-17(18(16)22)34(31,32)26-12-13-11-24-20-27-14-4-1-5-15(10-14)33(29,30)25-9-3-8-23-19(13)28-20/h1-2,4-7,10-11,25-26H,3,8-9,12H2,(H2,23,24,27,28). The summed E-state index contributed by atoms with van der Waals surface area (Å²) in [7, 11) is -7.62. The summed E-state index contributed by atoms with van der Waals surface area (Å²) in [5.74, 6) is 0.615. The summed E-state index contributed by atoms with van der Waals surface area (Å²) < 4.78 is 55.5. The maximum atomic E-state index is 12.8. The second-order valence-electron chi connectivity index (χ2n) is 7.27. The highest BCUT2D eigenvalue weighted by Crippen LogP contribution is 2.29. The number of halogens is 2. The van der Waals surface area contributed by atoms with Crippen LogP contribution in [0.15, 0.2) is 58.5 Å². The number of aromatic nitrogens is 2. The van der Waals surface area contributed by atoms with E-state index in [-0.39, 0.29) is 38.9 Å². The summed E-state index contributed by atoms with van der Waals surface area (Å²) in [4.78, 5) is 8.68. The lowest BCUT2D eigenvalue weighted by Gasteiger charge is -2.14. The fourth-order valence-electron chi connectivity index (χ4n) is 3.15. The maximum Gasteiger partial charge on any atom is 0.242 e. The van der Waals surface area contributed by atoms with E-state index in [0.29, 0.717) is 30.0 Å². The van der Waals surface area contributed by atoms with Gasteiger partial charge in [0.25, 0.3) is 0 Å². The lowest BCUT2D eigenvalue weighted by atomic mass is 10.3. The van der Waals surface area contributed by atoms with Crippen molar-refractivity contribution in [2.45, 2.75) is 22.8 Å². The van der Waals surface area contributed by atoms with Crippen LogP contribution < -0.4 is 20.1 Å². The molecule has 2 aromatic carbocycles. The summed E-state index contributed by atoms with van der Waals surface area (Å²) in [5, 5.41) is 6.15. The summed E-state index contributed by atoms with van der Waals surface area (Å²) in [6, 6.07) is 10.6. The zero-order valence-electron chi connectivity index (χ0n) is 17.5. The van der Waals surface area contributed by atoms with Gasteiger partial charge in [-0.05, 0) is 36.8 Å². The highest BCUT2D eigenvalue weighted by Gasteiger charge is 2.21. The molecule has 3 aromatic rings. The first kappa shape index (κ1) is 24.6. The molecule has 1 aliphatic heterocycles. The van der Waals surface area contributed by atoms with Gasteiger partial charge in [-0.2, -0.15) is 4.98 Å². The molecule has 14 heteroatoms. The quantitative estimate of drug-likeness (QED) is 0.393. The highest BCUT2D eigenvalue weighted by atomic mass is 35.5. The monoisotopic (exact) mass is 542 g/mol. The van der Waals surface area contributed by atoms with Gasteiger partial charge >= 0.3 is 0 Å². The van der Waals surface area contributed by atoms with Crippen LogP contribution in [-0.2, 0) is 26.6 Å². The molecule has 0 fully saturated rings. The normalized spacial score (nSPS) is 15.7. The van der Waals surface area contributed by atoms with Gasteiger partial charge in [-0.25, -0.2) is 31.3 Å². The van der Waals surface area contributed by atoms with Gasteiger partial charge in [0.1, 0.15) is 10.7 Å². The van der Waals surface area contributed by atoms with Crippen molar-refractivity contribution in [1.29, 1.82) is 0 Å². The van der Waals surface area contributed by atoms with Crippen molar-refractivity contribution in [3.05, 3.63) is 64.3 Å². The predicted molar refractivity (Wildman–Crippen MR) is 131 cm³/mol. The Kier molecular flexibility index (Phi) is 7.26. The molecule has 0 amide bonds. The van der Waals surface area contributed by atoms with E-state index in [2.05, 4.69) is 30.0 Å². The second-order valence-corrected chi connectivity index (χ2v) is 11.6. The Bertz CT molecular complexity index is 1430. The van der Waals surface area contributed by atoms with Gasteiger partial charge in [0.05, 0.1) is 14.9 Å². The number of anilines is 3. The lowest BCUT2D eigenvalue weighted by Crippen LogP contribution is -2.26. The Hall–Kier alpha value is -2.48. The topological polar surface area (TPSA) is 142 Å². The molecule has 0 aliphatic carbocycles. The van der Waals surface area contributed by atoms with E-state index in [1.54, 1.807) is 12.1 Å². The Morgan fingerprint density at radius 3 is 2.71 bits per heavy atom. The molecule has 4 bridgehead atoms. The molecule has 1 aromatic heterocycles. The van der Waals surface area contributed by atoms with Crippen LogP contribution in [0.25, 0.3) is 0 Å². The molecule has 0 atom stereocenters. The summed E-state index contributed by atoms with van der Waals surface area (Å²) in [6.07, 6.45) is 1.95. The minimum Gasteiger partial charge on any atom is -0.370 e. The summed E-state index contributed by atoms with van der Waals surface area (Å²) in [5.41, 5.74) is 0.966. The molecule has 34 heavy (non-hydrogen) atoms. The van der Waals surface area contributed by atoms with Gasteiger partial charge in [-0.1, -0.05) is 35.3 Å². The molecule has 0 unspecified atom stereocenters. The first-order chi connectivity index (χ1) is 16.2. The van der Waals surface area contributed by atoms with Crippen LogP contribution in [0, 0.1) is 0 Å². The molecule has 0 saturated heterocycles. The number of nitrogens with zero attached hydrogens (tertiary/aromatic N) is 2. The number of benzene rings is 2. The zero-order chi connectivity index (χ0) is 24.3. The molecular weight excluding hydrogens is 523 g/mol. The van der Waals surface area contributed by atoms with Crippen LogP contribution in [0.2, 0.25) is 10.0 Å². The Morgan fingerprint density at radius 2 is 1.88 bits per heavy atom. The SMILES string of the molecule is O=S1(=O)NCCCNc2nc(ncc2CNS(=O)(=O)c2cccc(Cl)c2Cl)Nc2cccc1c2. The van der Waals surface area contributed by atoms with E-state index in [9.17, 15) is 16.8 Å². The summed E-state index contributed by atoms with van der Waals surface area (Å²) >= 11 is 12.0. The fraction of sp³-hybridized carbons (Fsp3) is 0.200. The van der Waals surface area contributed by atoms with Crippen molar-refractivity contribution >= 4 is 60.7 Å². The van der Waals surface area contributed by atoms with Gasteiger partial charge in [0, 0.05) is 37.1 Å². The van der Waals surface area contributed by atoms with Crippen LogP contribution >= 0.6 is 23.2 Å². The smallest absolute Gasteiger partial charge is 0.242 e. The molecule has 0 saturated carbocycles. The molecule has 0 spiro atoms. The van der Waals surface area contributed by atoms with E-state index in [1.165, 1.54) is 36.5 Å². The second kappa shape index (κ2) is 10.0. The number of rotatable bonds is 4. The van der Waals surface area contributed by atoms with Crippen LogP contribution in [0.1, 0.15) is 12.0 Å². The third kappa shape index (κ3) is 5.59. The number of nitrogens with one attached hydrogen (secondary N) is 4. The first-order valence-electron chi connectivity index (χ1n) is 10.1. The number of hydrogen-bond acceptors (Lipinski definition) is 8. The van der Waals surface area contributed by atoms with Crippen LogP contribution in [0.4, 0.5) is 17.5 Å². The minimum absolute atomic E-state index is 0.0685. The molecule has 2 heterocycles. The van der Waals surface area contributed by atoms with E-state index < -0.39 is 20.0 Å². The molecule has 10 nitrogen and oxygen atoms in total. The van der Waals surface area contributed by atoms with Crippen LogP contribution in [0.3, 0.4) is 0 Å². The number of hydrogen-bond donors (Lipinski definition) is 4. The molecule has 180 valence electrons. The average molecular weight is 543 g/mol. The van der Waals surface area contributed by atoms with E-state index in [4.69, 9.17) is 23.2 Å². The van der Waals surface area contributed by atoms with E-state index in [1.807, 2.05) is 0 Å². The first-order valence-corrected chi connectivity index (χ1v) is 13.8. The van der Waals surface area contributed by atoms with Crippen LogP contribution in [-0.4, -0.2) is 39.9 Å². The fourth-order valence-corrected chi connectivity index (χ4v) is 6.03. The van der Waals surface area contributed by atoms with Crippen molar-refractivity contribution in [2.24, 2.45) is 0 Å². The lowest BCUT2D eigenvalue weighted by molar-refractivity contribution is 0.579. The predicted octanol–water partition coefficient (Wildman–Crippen LogP) is 3.10. The van der Waals surface area contributed by atoms with Crippen molar-refractivity contribution in [2.75, 3.05) is 23.7 Å². The zero-order valence-corrected chi connectivity index (χ0v) is 20.7. The largest absolute Gasteiger partial charge is 0.370 e. The van der Waals surface area contributed by atoms with Crippen molar-refractivity contribution in [1.82, 2.24) is 19.4 Å². The van der Waals surface area contributed by atoms with Crippen molar-refractivity contribution < 1.29 is 16.8 Å². The Labute approximate surface area is 207 Å². The third-order valence-electron chi connectivity index (χ3n) is 4.86. The number of fused-ring (bicyclic) bond motifs is 4. The van der Waals surface area contributed by atoms with Crippen LogP contribution in [0.5, 0.6) is 0 Å². The van der Waals surface area contributed by atoms with Gasteiger partial charge in [0.15, 0.2) is 0 Å². The third-order valence-corrected chi connectivity index (χ3v) is 8.69. The molecule has 4 rings (SSSR count).